The van der Waals surface area contributed by atoms with Gasteiger partial charge < -0.3 is 9.73 Å². The van der Waals surface area contributed by atoms with E-state index >= 15 is 0 Å². The lowest BCUT2D eigenvalue weighted by Crippen LogP contribution is -2.19. The van der Waals surface area contributed by atoms with Crippen LogP contribution < -0.4 is 5.32 Å². The van der Waals surface area contributed by atoms with Crippen molar-refractivity contribution < 1.29 is 4.42 Å². The molecule has 0 spiro atoms. The number of rotatable bonds is 4. The minimum Gasteiger partial charge on any atom is -0.446 e. The molecule has 1 aromatic heterocycles. The molecule has 2 rings (SSSR count). The maximum absolute atomic E-state index is 5.33. The quantitative estimate of drug-likeness (QED) is 0.732. The Bertz CT molecular complexity index is 253. The molecule has 1 saturated carbocycles. The summed E-state index contributed by atoms with van der Waals surface area (Å²) < 4.78 is 5.33. The van der Waals surface area contributed by atoms with Crippen LogP contribution in [0.3, 0.4) is 0 Å². The van der Waals surface area contributed by atoms with Gasteiger partial charge in [-0.15, -0.1) is 0 Å². The Morgan fingerprint density at radius 3 is 3.08 bits per heavy atom. The molecular formula is C9H14N2O. The van der Waals surface area contributed by atoms with E-state index in [1.54, 1.807) is 6.20 Å². The normalized spacial score (nSPS) is 16.8. The molecule has 12 heavy (non-hydrogen) atoms. The standard InChI is InChI=1S/C9H14N2O/c1-7-6-11-9(12-7)4-5-10-8-2-3-8/h6,8,10H,2-5H2,1H3. The largest absolute Gasteiger partial charge is 0.446 e. The van der Waals surface area contributed by atoms with Gasteiger partial charge in [0.25, 0.3) is 0 Å². The zero-order valence-corrected chi connectivity index (χ0v) is 7.34. The molecule has 0 saturated heterocycles. The molecule has 1 aromatic rings. The van der Waals surface area contributed by atoms with Crippen LogP contribution in [0.25, 0.3) is 0 Å². The van der Waals surface area contributed by atoms with Crippen molar-refractivity contribution in [2.75, 3.05) is 6.54 Å². The Hall–Kier alpha value is -0.830. The van der Waals surface area contributed by atoms with Crippen molar-refractivity contribution in [2.24, 2.45) is 0 Å². The van der Waals surface area contributed by atoms with E-state index in [9.17, 15) is 0 Å². The fourth-order valence-corrected chi connectivity index (χ4v) is 1.19. The van der Waals surface area contributed by atoms with E-state index in [1.165, 1.54) is 12.8 Å². The highest BCUT2D eigenvalue weighted by atomic mass is 16.3. The molecule has 1 fully saturated rings. The van der Waals surface area contributed by atoms with Crippen molar-refractivity contribution in [3.8, 4) is 0 Å². The fraction of sp³-hybridized carbons (Fsp3) is 0.667. The third kappa shape index (κ3) is 2.08. The second-order valence-corrected chi connectivity index (χ2v) is 3.34. The predicted molar refractivity (Wildman–Crippen MR) is 46.0 cm³/mol. The van der Waals surface area contributed by atoms with Crippen molar-refractivity contribution in [1.29, 1.82) is 0 Å². The van der Waals surface area contributed by atoms with Crippen LogP contribution in [0.2, 0.25) is 0 Å². The first-order valence-corrected chi connectivity index (χ1v) is 4.49. The summed E-state index contributed by atoms with van der Waals surface area (Å²) in [4.78, 5) is 4.13. The second kappa shape index (κ2) is 3.27. The summed E-state index contributed by atoms with van der Waals surface area (Å²) in [6.45, 7) is 2.91. The molecular weight excluding hydrogens is 152 g/mol. The number of aromatic nitrogens is 1. The van der Waals surface area contributed by atoms with Crippen LogP contribution in [0.4, 0.5) is 0 Å². The van der Waals surface area contributed by atoms with Gasteiger partial charge in [0, 0.05) is 19.0 Å². The molecule has 0 radical (unpaired) electrons. The van der Waals surface area contributed by atoms with Gasteiger partial charge in [0.2, 0.25) is 0 Å². The smallest absolute Gasteiger partial charge is 0.195 e. The highest BCUT2D eigenvalue weighted by Crippen LogP contribution is 2.18. The molecule has 0 unspecified atom stereocenters. The molecule has 3 heteroatoms. The highest BCUT2D eigenvalue weighted by Gasteiger charge is 2.19. The molecule has 0 amide bonds. The van der Waals surface area contributed by atoms with Gasteiger partial charge >= 0.3 is 0 Å². The van der Waals surface area contributed by atoms with Crippen molar-refractivity contribution in [1.82, 2.24) is 10.3 Å². The lowest BCUT2D eigenvalue weighted by atomic mass is 10.4. The van der Waals surface area contributed by atoms with Crippen molar-refractivity contribution >= 4 is 0 Å². The highest BCUT2D eigenvalue weighted by molar-refractivity contribution is 4.91. The van der Waals surface area contributed by atoms with E-state index in [0.717, 1.165) is 30.7 Å². The SMILES string of the molecule is Cc1cnc(CCNC2CC2)o1. The summed E-state index contributed by atoms with van der Waals surface area (Å²) in [5.41, 5.74) is 0. The zero-order valence-electron chi connectivity index (χ0n) is 7.34. The first-order valence-electron chi connectivity index (χ1n) is 4.49. The van der Waals surface area contributed by atoms with E-state index in [1.807, 2.05) is 6.92 Å². The Labute approximate surface area is 72.2 Å². The summed E-state index contributed by atoms with van der Waals surface area (Å²) in [6.07, 6.45) is 5.35. The van der Waals surface area contributed by atoms with Crippen LogP contribution in [0.1, 0.15) is 24.5 Å². The van der Waals surface area contributed by atoms with Crippen LogP contribution >= 0.6 is 0 Å². The van der Waals surface area contributed by atoms with Gasteiger partial charge in [0.1, 0.15) is 5.76 Å². The van der Waals surface area contributed by atoms with Crippen molar-refractivity contribution in [3.63, 3.8) is 0 Å². The van der Waals surface area contributed by atoms with Gasteiger partial charge in [-0.1, -0.05) is 0 Å². The fourth-order valence-electron chi connectivity index (χ4n) is 1.19. The number of oxazole rings is 1. The summed E-state index contributed by atoms with van der Waals surface area (Å²) >= 11 is 0. The molecule has 0 atom stereocenters. The van der Waals surface area contributed by atoms with Crippen molar-refractivity contribution in [3.05, 3.63) is 17.8 Å². The molecule has 1 N–H and O–H groups in total. The van der Waals surface area contributed by atoms with Gasteiger partial charge in [-0.25, -0.2) is 4.98 Å². The average Bonchev–Trinajstić information content (AvgIpc) is 2.76. The van der Waals surface area contributed by atoms with Crippen LogP contribution in [0.15, 0.2) is 10.6 Å². The molecule has 1 aliphatic rings. The number of nitrogens with zero attached hydrogens (tertiary/aromatic N) is 1. The summed E-state index contributed by atoms with van der Waals surface area (Å²) in [5.74, 6) is 1.75. The van der Waals surface area contributed by atoms with Gasteiger partial charge in [-0.05, 0) is 19.8 Å². The van der Waals surface area contributed by atoms with Crippen LogP contribution in [0, 0.1) is 6.92 Å². The van der Waals surface area contributed by atoms with E-state index < -0.39 is 0 Å². The maximum atomic E-state index is 5.33. The van der Waals surface area contributed by atoms with Crippen LogP contribution in [0.5, 0.6) is 0 Å². The number of nitrogens with one attached hydrogen (secondary N) is 1. The Morgan fingerprint density at radius 1 is 1.67 bits per heavy atom. The minimum absolute atomic E-state index is 0.779. The van der Waals surface area contributed by atoms with Gasteiger partial charge in [0.05, 0.1) is 6.20 Å². The van der Waals surface area contributed by atoms with Gasteiger partial charge in [0.15, 0.2) is 5.89 Å². The van der Waals surface area contributed by atoms with Crippen LogP contribution in [-0.4, -0.2) is 17.6 Å². The lowest BCUT2D eigenvalue weighted by Gasteiger charge is -1.97. The Morgan fingerprint density at radius 2 is 2.50 bits per heavy atom. The van der Waals surface area contributed by atoms with Gasteiger partial charge in [-0.2, -0.15) is 0 Å². The summed E-state index contributed by atoms with van der Waals surface area (Å²) in [7, 11) is 0. The van der Waals surface area contributed by atoms with Crippen molar-refractivity contribution in [2.45, 2.75) is 32.2 Å². The average molecular weight is 166 g/mol. The van der Waals surface area contributed by atoms with E-state index in [0.29, 0.717) is 0 Å². The van der Waals surface area contributed by atoms with Crippen LogP contribution in [-0.2, 0) is 6.42 Å². The summed E-state index contributed by atoms with van der Waals surface area (Å²) in [5, 5.41) is 3.41. The first-order chi connectivity index (χ1) is 5.84. The van der Waals surface area contributed by atoms with E-state index in [2.05, 4.69) is 10.3 Å². The molecule has 0 aromatic carbocycles. The molecule has 66 valence electrons. The zero-order chi connectivity index (χ0) is 8.39. The topological polar surface area (TPSA) is 38.1 Å². The molecule has 1 heterocycles. The number of hydrogen-bond donors (Lipinski definition) is 1. The maximum Gasteiger partial charge on any atom is 0.195 e. The first kappa shape index (κ1) is 7.80. The Kier molecular flexibility index (Phi) is 2.13. The third-order valence-corrected chi connectivity index (χ3v) is 2.02. The predicted octanol–water partition coefficient (Wildman–Crippen LogP) is 1.28. The third-order valence-electron chi connectivity index (χ3n) is 2.02. The summed E-state index contributed by atoms with van der Waals surface area (Å²) in [6, 6.07) is 0.779. The van der Waals surface area contributed by atoms with E-state index in [4.69, 9.17) is 4.42 Å². The van der Waals surface area contributed by atoms with E-state index in [-0.39, 0.29) is 0 Å². The minimum atomic E-state index is 0.779. The molecule has 3 nitrogen and oxygen atoms in total. The number of aryl methyl sites for hydroxylation is 1. The van der Waals surface area contributed by atoms with Gasteiger partial charge in [-0.3, -0.25) is 0 Å². The molecule has 0 aliphatic heterocycles. The lowest BCUT2D eigenvalue weighted by molar-refractivity contribution is 0.463. The molecule has 0 bridgehead atoms. The monoisotopic (exact) mass is 166 g/mol. The molecule has 1 aliphatic carbocycles. The second-order valence-electron chi connectivity index (χ2n) is 3.34. The number of hydrogen-bond acceptors (Lipinski definition) is 3. The Balaban J connectivity index is 1.71.